The zero-order valence-corrected chi connectivity index (χ0v) is 9.82. The summed E-state index contributed by atoms with van der Waals surface area (Å²) in [7, 11) is 1.43. The van der Waals surface area contributed by atoms with Crippen LogP contribution in [0.5, 0.6) is 0 Å². The van der Waals surface area contributed by atoms with Gasteiger partial charge < -0.3 is 9.72 Å². The number of ether oxygens (including phenoxy) is 1. The molecule has 1 aromatic heterocycles. The lowest BCUT2D eigenvalue weighted by Crippen LogP contribution is -2.04. The largest absolute Gasteiger partial charge is 0.469 e. The van der Waals surface area contributed by atoms with E-state index >= 15 is 0 Å². The first-order valence-corrected chi connectivity index (χ1v) is 5.95. The van der Waals surface area contributed by atoms with Gasteiger partial charge in [0.2, 0.25) is 0 Å². The third kappa shape index (κ3) is 1.82. The zero-order valence-electron chi connectivity index (χ0n) is 9.82. The number of carbonyl (C=O) groups excluding carboxylic acids is 1. The summed E-state index contributed by atoms with van der Waals surface area (Å²) >= 11 is 0. The summed E-state index contributed by atoms with van der Waals surface area (Å²) in [6, 6.07) is 6.31. The average Bonchev–Trinajstić information content (AvgIpc) is 3.12. The normalized spacial score (nSPS) is 15.1. The van der Waals surface area contributed by atoms with E-state index in [9.17, 15) is 4.79 Å². The Balaban J connectivity index is 2.08. The second-order valence-corrected chi connectivity index (χ2v) is 4.61. The minimum Gasteiger partial charge on any atom is -0.469 e. The third-order valence-corrected chi connectivity index (χ3v) is 3.40. The number of rotatable bonds is 3. The molecule has 1 aliphatic rings. The molecular weight excluding hydrogens is 214 g/mol. The Bertz CT molecular complexity index is 567. The minimum atomic E-state index is -0.184. The molecule has 1 N–H and O–H groups in total. The predicted octanol–water partition coefficient (Wildman–Crippen LogP) is 2.76. The van der Waals surface area contributed by atoms with Crippen molar-refractivity contribution in [2.75, 3.05) is 7.11 Å². The summed E-state index contributed by atoms with van der Waals surface area (Å²) in [4.78, 5) is 14.6. The maximum Gasteiger partial charge on any atom is 0.310 e. The lowest BCUT2D eigenvalue weighted by molar-refractivity contribution is -0.139. The molecule has 88 valence electrons. The van der Waals surface area contributed by atoms with Crippen molar-refractivity contribution in [3.05, 3.63) is 35.5 Å². The van der Waals surface area contributed by atoms with Crippen LogP contribution in [0, 0.1) is 0 Å². The van der Waals surface area contributed by atoms with Crippen LogP contribution in [0.3, 0.4) is 0 Å². The maximum absolute atomic E-state index is 11.4. The molecule has 1 aliphatic carbocycles. The Kier molecular flexibility index (Phi) is 2.39. The van der Waals surface area contributed by atoms with Gasteiger partial charge in [0.25, 0.3) is 0 Å². The summed E-state index contributed by atoms with van der Waals surface area (Å²) < 4.78 is 4.74. The van der Waals surface area contributed by atoms with Crippen LogP contribution in [0.4, 0.5) is 0 Å². The van der Waals surface area contributed by atoms with E-state index in [1.165, 1.54) is 30.9 Å². The highest BCUT2D eigenvalue weighted by molar-refractivity contribution is 5.90. The van der Waals surface area contributed by atoms with Gasteiger partial charge in [-0.25, -0.2) is 0 Å². The maximum atomic E-state index is 11.4. The van der Waals surface area contributed by atoms with Gasteiger partial charge in [-0.3, -0.25) is 4.79 Å². The topological polar surface area (TPSA) is 42.1 Å². The molecule has 0 bridgehead atoms. The lowest BCUT2D eigenvalue weighted by atomic mass is 10.0. The third-order valence-electron chi connectivity index (χ3n) is 3.40. The van der Waals surface area contributed by atoms with E-state index in [1.807, 2.05) is 6.20 Å². The molecule has 0 radical (unpaired) electrons. The molecule has 1 heterocycles. The molecule has 0 aliphatic heterocycles. The van der Waals surface area contributed by atoms with Crippen molar-refractivity contribution in [2.45, 2.75) is 25.2 Å². The number of esters is 1. The zero-order chi connectivity index (χ0) is 11.8. The number of methoxy groups -OCH3 is 1. The fourth-order valence-corrected chi connectivity index (χ4v) is 2.39. The number of hydrogen-bond acceptors (Lipinski definition) is 2. The van der Waals surface area contributed by atoms with Gasteiger partial charge in [-0.15, -0.1) is 0 Å². The highest BCUT2D eigenvalue weighted by Gasteiger charge is 2.26. The van der Waals surface area contributed by atoms with Gasteiger partial charge >= 0.3 is 5.97 Å². The van der Waals surface area contributed by atoms with Gasteiger partial charge in [0.15, 0.2) is 0 Å². The molecule has 0 saturated heterocycles. The first-order chi connectivity index (χ1) is 8.29. The van der Waals surface area contributed by atoms with Crippen molar-refractivity contribution in [3.63, 3.8) is 0 Å². The highest BCUT2D eigenvalue weighted by atomic mass is 16.5. The Labute approximate surface area is 99.8 Å². The Morgan fingerprint density at radius 1 is 1.47 bits per heavy atom. The van der Waals surface area contributed by atoms with Gasteiger partial charge in [-0.1, -0.05) is 12.1 Å². The van der Waals surface area contributed by atoms with Crippen molar-refractivity contribution >= 4 is 16.9 Å². The summed E-state index contributed by atoms with van der Waals surface area (Å²) in [5.41, 5.74) is 3.55. The number of aromatic nitrogens is 1. The fourth-order valence-electron chi connectivity index (χ4n) is 2.39. The van der Waals surface area contributed by atoms with Crippen LogP contribution < -0.4 is 0 Å². The summed E-state index contributed by atoms with van der Waals surface area (Å²) in [6.45, 7) is 0. The molecule has 3 nitrogen and oxygen atoms in total. The number of H-pyrrole nitrogens is 1. The SMILES string of the molecule is COC(=O)Cc1c[nH]c2cccc(C3CC3)c12. The average molecular weight is 229 g/mol. The molecule has 0 atom stereocenters. The Morgan fingerprint density at radius 2 is 2.29 bits per heavy atom. The van der Waals surface area contributed by atoms with Gasteiger partial charge in [-0.05, 0) is 36.0 Å². The van der Waals surface area contributed by atoms with E-state index in [2.05, 4.69) is 23.2 Å². The quantitative estimate of drug-likeness (QED) is 0.822. The van der Waals surface area contributed by atoms with Crippen LogP contribution >= 0.6 is 0 Å². The van der Waals surface area contributed by atoms with Gasteiger partial charge in [0, 0.05) is 17.1 Å². The first-order valence-electron chi connectivity index (χ1n) is 5.95. The van der Waals surface area contributed by atoms with Gasteiger partial charge in [0.05, 0.1) is 13.5 Å². The van der Waals surface area contributed by atoms with Crippen molar-refractivity contribution in [3.8, 4) is 0 Å². The molecule has 2 aromatic rings. The summed E-state index contributed by atoms with van der Waals surface area (Å²) in [5, 5.41) is 1.22. The van der Waals surface area contributed by atoms with Crippen LogP contribution in [-0.2, 0) is 16.0 Å². The van der Waals surface area contributed by atoms with Crippen LogP contribution in [0.2, 0.25) is 0 Å². The fraction of sp³-hybridized carbons (Fsp3) is 0.357. The van der Waals surface area contributed by atoms with Gasteiger partial charge in [-0.2, -0.15) is 0 Å². The second kappa shape index (κ2) is 3.91. The summed E-state index contributed by atoms with van der Waals surface area (Å²) in [6.07, 6.45) is 4.80. The second-order valence-electron chi connectivity index (χ2n) is 4.61. The van der Waals surface area contributed by atoms with Crippen molar-refractivity contribution in [1.82, 2.24) is 4.98 Å². The molecular formula is C14H15NO2. The smallest absolute Gasteiger partial charge is 0.310 e. The van der Waals surface area contributed by atoms with Crippen molar-refractivity contribution < 1.29 is 9.53 Å². The Hall–Kier alpha value is -1.77. The number of aromatic amines is 1. The minimum absolute atomic E-state index is 0.184. The molecule has 3 heteroatoms. The monoisotopic (exact) mass is 229 g/mol. The molecule has 3 rings (SSSR count). The van der Waals surface area contributed by atoms with E-state index in [-0.39, 0.29) is 5.97 Å². The number of fused-ring (bicyclic) bond motifs is 1. The lowest BCUT2D eigenvalue weighted by Gasteiger charge is -2.04. The molecule has 0 spiro atoms. The number of nitrogens with one attached hydrogen (secondary N) is 1. The molecule has 0 amide bonds. The van der Waals surface area contributed by atoms with E-state index in [0.717, 1.165) is 11.1 Å². The number of benzene rings is 1. The molecule has 1 fully saturated rings. The van der Waals surface area contributed by atoms with Crippen molar-refractivity contribution in [2.24, 2.45) is 0 Å². The number of carbonyl (C=O) groups is 1. The summed E-state index contributed by atoms with van der Waals surface area (Å²) in [5.74, 6) is 0.502. The van der Waals surface area contributed by atoms with E-state index < -0.39 is 0 Å². The van der Waals surface area contributed by atoms with Crippen LogP contribution in [0.15, 0.2) is 24.4 Å². The first kappa shape index (κ1) is 10.4. The van der Waals surface area contributed by atoms with Crippen LogP contribution in [0.25, 0.3) is 10.9 Å². The van der Waals surface area contributed by atoms with E-state index in [0.29, 0.717) is 12.3 Å². The van der Waals surface area contributed by atoms with Gasteiger partial charge in [0.1, 0.15) is 0 Å². The molecule has 0 unspecified atom stereocenters. The van der Waals surface area contributed by atoms with Crippen molar-refractivity contribution in [1.29, 1.82) is 0 Å². The highest BCUT2D eigenvalue weighted by Crippen LogP contribution is 2.43. The standard InChI is InChI=1S/C14H15NO2/c1-17-13(16)7-10-8-15-12-4-2-3-11(14(10)12)9-5-6-9/h2-4,8-9,15H,5-7H2,1H3. The molecule has 1 aromatic carbocycles. The number of hydrogen-bond donors (Lipinski definition) is 1. The van der Waals surface area contributed by atoms with E-state index in [4.69, 9.17) is 4.74 Å². The molecule has 17 heavy (non-hydrogen) atoms. The predicted molar refractivity (Wildman–Crippen MR) is 66.0 cm³/mol. The van der Waals surface area contributed by atoms with Crippen LogP contribution in [0.1, 0.15) is 29.9 Å². The van der Waals surface area contributed by atoms with Crippen LogP contribution in [-0.4, -0.2) is 18.1 Å². The molecule has 1 saturated carbocycles. The van der Waals surface area contributed by atoms with E-state index in [1.54, 1.807) is 0 Å². The Morgan fingerprint density at radius 3 is 3.00 bits per heavy atom.